The maximum atomic E-state index is 4.45. The van der Waals surface area contributed by atoms with Crippen molar-refractivity contribution in [2.45, 2.75) is 39.3 Å². The number of aromatic nitrogens is 2. The zero-order valence-corrected chi connectivity index (χ0v) is 8.76. The third-order valence-corrected chi connectivity index (χ3v) is 2.86. The fourth-order valence-corrected chi connectivity index (χ4v) is 2.39. The van der Waals surface area contributed by atoms with E-state index in [0.717, 1.165) is 6.42 Å². The first-order valence-corrected chi connectivity index (χ1v) is 4.88. The van der Waals surface area contributed by atoms with E-state index < -0.39 is 0 Å². The smallest absolute Gasteiger partial charge is 0.0644 e. The predicted molar refractivity (Wildman–Crippen MR) is 52.7 cm³/mol. The average molecular weight is 179 g/mol. The van der Waals surface area contributed by atoms with Crippen LogP contribution in [0.15, 0.2) is 0 Å². The van der Waals surface area contributed by atoms with E-state index >= 15 is 0 Å². The van der Waals surface area contributed by atoms with Crippen molar-refractivity contribution in [3.63, 3.8) is 0 Å². The monoisotopic (exact) mass is 179 g/mol. The molecule has 0 radical (unpaired) electrons. The van der Waals surface area contributed by atoms with Gasteiger partial charge in [-0.25, -0.2) is 0 Å². The predicted octanol–water partition coefficient (Wildman–Crippen LogP) is 1.32. The molecule has 1 aromatic rings. The molecule has 0 saturated carbocycles. The van der Waals surface area contributed by atoms with Crippen molar-refractivity contribution in [1.82, 2.24) is 15.1 Å². The maximum absolute atomic E-state index is 4.45. The van der Waals surface area contributed by atoms with Crippen LogP contribution in [0.2, 0.25) is 0 Å². The minimum Gasteiger partial charge on any atom is -0.307 e. The number of hydrogen-bond donors (Lipinski definition) is 1. The van der Waals surface area contributed by atoms with Crippen molar-refractivity contribution in [2.24, 2.45) is 7.05 Å². The van der Waals surface area contributed by atoms with Gasteiger partial charge in [0, 0.05) is 36.8 Å². The van der Waals surface area contributed by atoms with Crippen LogP contribution in [0.4, 0.5) is 0 Å². The van der Waals surface area contributed by atoms with Crippen LogP contribution in [0.25, 0.3) is 0 Å². The molecular formula is C10H17N3. The normalized spacial score (nSPS) is 27.4. The fraction of sp³-hybridized carbons (Fsp3) is 0.700. The van der Waals surface area contributed by atoms with E-state index in [1.54, 1.807) is 0 Å². The van der Waals surface area contributed by atoms with Gasteiger partial charge >= 0.3 is 0 Å². The summed E-state index contributed by atoms with van der Waals surface area (Å²) in [4.78, 5) is 0. The highest BCUT2D eigenvalue weighted by Gasteiger charge is 2.25. The molecular weight excluding hydrogens is 162 g/mol. The third kappa shape index (κ3) is 1.27. The van der Waals surface area contributed by atoms with Crippen LogP contribution < -0.4 is 5.32 Å². The van der Waals surface area contributed by atoms with E-state index in [1.165, 1.54) is 17.0 Å². The van der Waals surface area contributed by atoms with Crippen molar-refractivity contribution in [1.29, 1.82) is 0 Å². The molecule has 2 heterocycles. The highest BCUT2D eigenvalue weighted by atomic mass is 15.3. The number of nitrogens with zero attached hydrogens (tertiary/aromatic N) is 2. The molecule has 3 heteroatoms. The molecule has 0 fully saturated rings. The fourth-order valence-electron chi connectivity index (χ4n) is 2.39. The van der Waals surface area contributed by atoms with Gasteiger partial charge in [-0.3, -0.25) is 4.68 Å². The molecule has 0 aromatic carbocycles. The Morgan fingerprint density at radius 2 is 2.15 bits per heavy atom. The van der Waals surface area contributed by atoms with Gasteiger partial charge in [0.15, 0.2) is 0 Å². The summed E-state index contributed by atoms with van der Waals surface area (Å²) in [6.07, 6.45) is 1.09. The second-order valence-corrected chi connectivity index (χ2v) is 4.06. The molecule has 13 heavy (non-hydrogen) atoms. The molecule has 0 saturated heterocycles. The van der Waals surface area contributed by atoms with Crippen LogP contribution in [-0.2, 0) is 13.5 Å². The minimum absolute atomic E-state index is 0.451. The lowest BCUT2D eigenvalue weighted by Crippen LogP contribution is -2.36. The lowest BCUT2D eigenvalue weighted by molar-refractivity contribution is 0.433. The van der Waals surface area contributed by atoms with Crippen molar-refractivity contribution in [3.05, 3.63) is 17.0 Å². The molecule has 1 N–H and O–H groups in total. The second-order valence-electron chi connectivity index (χ2n) is 4.06. The van der Waals surface area contributed by atoms with E-state index in [0.29, 0.717) is 12.1 Å². The molecule has 0 bridgehead atoms. The lowest BCUT2D eigenvalue weighted by atomic mass is 9.96. The Morgan fingerprint density at radius 1 is 1.46 bits per heavy atom. The number of fused-ring (bicyclic) bond motifs is 1. The van der Waals surface area contributed by atoms with Gasteiger partial charge in [0.05, 0.1) is 5.69 Å². The number of aryl methyl sites for hydroxylation is 2. The van der Waals surface area contributed by atoms with Gasteiger partial charge in [0.1, 0.15) is 0 Å². The van der Waals surface area contributed by atoms with Gasteiger partial charge in [-0.2, -0.15) is 5.10 Å². The van der Waals surface area contributed by atoms with Crippen molar-refractivity contribution in [2.75, 3.05) is 0 Å². The first-order valence-electron chi connectivity index (χ1n) is 4.88. The Morgan fingerprint density at radius 3 is 2.85 bits per heavy atom. The Kier molecular flexibility index (Phi) is 1.91. The first-order chi connectivity index (χ1) is 6.09. The zero-order valence-electron chi connectivity index (χ0n) is 8.76. The summed E-state index contributed by atoms with van der Waals surface area (Å²) in [6.45, 7) is 6.53. The Labute approximate surface area is 79.1 Å². The summed E-state index contributed by atoms with van der Waals surface area (Å²) in [6, 6.07) is 1.02. The molecule has 0 amide bonds. The molecule has 2 atom stereocenters. The molecule has 0 spiro atoms. The van der Waals surface area contributed by atoms with Crippen LogP contribution >= 0.6 is 0 Å². The van der Waals surface area contributed by atoms with E-state index in [1.807, 2.05) is 11.7 Å². The quantitative estimate of drug-likeness (QED) is 0.651. The summed E-state index contributed by atoms with van der Waals surface area (Å²) in [5.74, 6) is 0. The third-order valence-electron chi connectivity index (χ3n) is 2.86. The molecule has 72 valence electrons. The van der Waals surface area contributed by atoms with E-state index in [2.05, 4.69) is 31.2 Å². The second kappa shape index (κ2) is 2.84. The molecule has 1 aliphatic heterocycles. The largest absolute Gasteiger partial charge is 0.307 e. The SMILES string of the molecule is Cc1nn(C)c2c1C(C)NC(C)C2. The van der Waals surface area contributed by atoms with Gasteiger partial charge in [-0.05, 0) is 20.8 Å². The van der Waals surface area contributed by atoms with E-state index in [4.69, 9.17) is 0 Å². The van der Waals surface area contributed by atoms with E-state index in [-0.39, 0.29) is 0 Å². The molecule has 0 aliphatic carbocycles. The zero-order chi connectivity index (χ0) is 9.59. The van der Waals surface area contributed by atoms with Gasteiger partial charge in [-0.1, -0.05) is 0 Å². The number of rotatable bonds is 0. The first kappa shape index (κ1) is 8.75. The number of nitrogens with one attached hydrogen (secondary N) is 1. The van der Waals surface area contributed by atoms with Crippen LogP contribution in [0.3, 0.4) is 0 Å². The lowest BCUT2D eigenvalue weighted by Gasteiger charge is -2.27. The summed E-state index contributed by atoms with van der Waals surface area (Å²) >= 11 is 0. The summed E-state index contributed by atoms with van der Waals surface area (Å²) in [5.41, 5.74) is 3.97. The highest BCUT2D eigenvalue weighted by molar-refractivity contribution is 5.31. The Hall–Kier alpha value is -0.830. The summed E-state index contributed by atoms with van der Waals surface area (Å²) in [5, 5.41) is 7.99. The van der Waals surface area contributed by atoms with Gasteiger partial charge in [0.25, 0.3) is 0 Å². The van der Waals surface area contributed by atoms with E-state index in [9.17, 15) is 0 Å². The summed E-state index contributed by atoms with van der Waals surface area (Å²) < 4.78 is 2.03. The standard InChI is InChI=1S/C10H17N3/c1-6-5-9-10(7(2)11-6)8(3)12-13(9)4/h6-7,11H,5H2,1-4H3. The Bertz CT molecular complexity index is 327. The topological polar surface area (TPSA) is 29.9 Å². The molecule has 3 nitrogen and oxygen atoms in total. The number of hydrogen-bond acceptors (Lipinski definition) is 2. The van der Waals surface area contributed by atoms with Crippen molar-refractivity contribution < 1.29 is 0 Å². The van der Waals surface area contributed by atoms with Crippen LogP contribution in [0.5, 0.6) is 0 Å². The van der Waals surface area contributed by atoms with Gasteiger partial charge < -0.3 is 5.32 Å². The highest BCUT2D eigenvalue weighted by Crippen LogP contribution is 2.26. The molecule has 2 rings (SSSR count). The maximum Gasteiger partial charge on any atom is 0.0644 e. The Balaban J connectivity index is 2.51. The summed E-state index contributed by atoms with van der Waals surface area (Å²) in [7, 11) is 2.04. The van der Waals surface area contributed by atoms with Crippen LogP contribution in [-0.4, -0.2) is 15.8 Å². The van der Waals surface area contributed by atoms with Crippen molar-refractivity contribution in [3.8, 4) is 0 Å². The molecule has 1 aromatic heterocycles. The van der Waals surface area contributed by atoms with Gasteiger partial charge in [0.2, 0.25) is 0 Å². The van der Waals surface area contributed by atoms with Crippen LogP contribution in [0.1, 0.15) is 36.8 Å². The van der Waals surface area contributed by atoms with Crippen molar-refractivity contribution >= 4 is 0 Å². The minimum atomic E-state index is 0.451. The van der Waals surface area contributed by atoms with Crippen LogP contribution in [0, 0.1) is 6.92 Å². The van der Waals surface area contributed by atoms with Gasteiger partial charge in [-0.15, -0.1) is 0 Å². The average Bonchev–Trinajstić information content (AvgIpc) is 2.27. The molecule has 2 unspecified atom stereocenters. The molecule has 1 aliphatic rings.